The Morgan fingerprint density at radius 2 is 1.56 bits per heavy atom. The first-order chi connectivity index (χ1) is 21.5. The van der Waals surface area contributed by atoms with E-state index >= 15 is 0 Å². The van der Waals surface area contributed by atoms with Gasteiger partial charge in [-0.25, -0.2) is 0 Å². The Kier molecular flexibility index (Phi) is 11.3. The smallest absolute Gasteiger partial charge is 0.305 e. The molecule has 0 aliphatic carbocycles. The van der Waals surface area contributed by atoms with Crippen molar-refractivity contribution in [3.8, 4) is 0 Å². The van der Waals surface area contributed by atoms with E-state index < -0.39 is 60.3 Å². The molecule has 14 nitrogen and oxygen atoms in total. The minimum atomic E-state index is -1.50. The summed E-state index contributed by atoms with van der Waals surface area (Å²) < 4.78 is 6.04. The van der Waals surface area contributed by atoms with E-state index in [-0.39, 0.29) is 36.6 Å². The number of fused-ring (bicyclic) bond motifs is 3. The molecule has 6 atom stereocenters. The molecular formula is C31H43N7O7. The first-order valence-electron chi connectivity index (χ1n) is 15.5. The predicted molar refractivity (Wildman–Crippen MR) is 161 cm³/mol. The maximum absolute atomic E-state index is 13.7. The molecule has 14 heteroatoms. The topological polar surface area (TPSA) is 196 Å². The van der Waals surface area contributed by atoms with E-state index in [4.69, 9.17) is 4.42 Å². The van der Waals surface area contributed by atoms with Gasteiger partial charge in [-0.3, -0.25) is 28.9 Å². The molecule has 1 fully saturated rings. The van der Waals surface area contributed by atoms with Crippen molar-refractivity contribution in [2.24, 2.45) is 5.92 Å². The number of carbonyl (C=O) groups excluding carboxylic acids is 4. The average molecular weight is 626 g/mol. The fraction of sp³-hybridized carbons (Fsp3) is 0.581. The molecule has 1 aromatic heterocycles. The van der Waals surface area contributed by atoms with Gasteiger partial charge < -0.3 is 30.8 Å². The molecule has 0 saturated carbocycles. The molecule has 2 aliphatic rings. The number of aromatic nitrogens is 2. The van der Waals surface area contributed by atoms with Gasteiger partial charge in [0.1, 0.15) is 24.2 Å². The van der Waals surface area contributed by atoms with Crippen LogP contribution in [-0.4, -0.2) is 80.5 Å². The van der Waals surface area contributed by atoms with Crippen molar-refractivity contribution in [1.29, 1.82) is 0 Å². The predicted octanol–water partition coefficient (Wildman–Crippen LogP) is 1.39. The van der Waals surface area contributed by atoms with Crippen LogP contribution in [0.4, 0.5) is 0 Å². The summed E-state index contributed by atoms with van der Waals surface area (Å²) in [5.41, 5.74) is 0.748. The van der Waals surface area contributed by atoms with Gasteiger partial charge in [0.2, 0.25) is 35.4 Å². The largest absolute Gasteiger partial charge is 0.481 e. The summed E-state index contributed by atoms with van der Waals surface area (Å²) in [5.74, 6) is -3.29. The second-order valence-electron chi connectivity index (χ2n) is 12.1. The van der Waals surface area contributed by atoms with Crippen LogP contribution in [0.3, 0.4) is 0 Å². The van der Waals surface area contributed by atoms with Crippen LogP contribution >= 0.6 is 0 Å². The Hall–Kier alpha value is -4.33. The maximum atomic E-state index is 13.7. The summed E-state index contributed by atoms with van der Waals surface area (Å²) in [6, 6.07) is 3.68. The highest BCUT2D eigenvalue weighted by Gasteiger charge is 2.40. The summed E-state index contributed by atoms with van der Waals surface area (Å²) in [7, 11) is 0. The number of nitrogens with zero attached hydrogens (tertiary/aromatic N) is 3. The van der Waals surface area contributed by atoms with Gasteiger partial charge in [0, 0.05) is 6.42 Å². The molecular weight excluding hydrogens is 582 g/mol. The highest BCUT2D eigenvalue weighted by molar-refractivity contribution is 5.96. The number of rotatable bonds is 7. The van der Waals surface area contributed by atoms with Crippen molar-refractivity contribution in [2.75, 3.05) is 6.54 Å². The average Bonchev–Trinajstić information content (AvgIpc) is 3.67. The third-order valence-electron chi connectivity index (χ3n) is 8.12. The highest BCUT2D eigenvalue weighted by Crippen LogP contribution is 2.32. The van der Waals surface area contributed by atoms with Crippen molar-refractivity contribution in [3.63, 3.8) is 0 Å². The van der Waals surface area contributed by atoms with E-state index in [2.05, 4.69) is 31.5 Å². The van der Waals surface area contributed by atoms with Gasteiger partial charge in [-0.1, -0.05) is 51.1 Å². The molecule has 2 aromatic rings. The van der Waals surface area contributed by atoms with Crippen LogP contribution in [0.2, 0.25) is 0 Å². The third-order valence-corrected chi connectivity index (χ3v) is 8.12. The number of amides is 4. The lowest BCUT2D eigenvalue weighted by atomic mass is 10.0. The molecule has 4 rings (SSSR count). The number of hydrogen-bond acceptors (Lipinski definition) is 9. The summed E-state index contributed by atoms with van der Waals surface area (Å²) in [4.78, 5) is 68.1. The molecule has 5 N–H and O–H groups in total. The Morgan fingerprint density at radius 3 is 2.22 bits per heavy atom. The molecule has 1 saturated heterocycles. The van der Waals surface area contributed by atoms with E-state index in [0.29, 0.717) is 25.3 Å². The van der Waals surface area contributed by atoms with Crippen LogP contribution in [0.25, 0.3) is 0 Å². The van der Waals surface area contributed by atoms with Crippen LogP contribution in [0.5, 0.6) is 0 Å². The second kappa shape index (κ2) is 15.1. The van der Waals surface area contributed by atoms with Gasteiger partial charge in [-0.05, 0) is 50.6 Å². The van der Waals surface area contributed by atoms with Crippen LogP contribution < -0.4 is 21.3 Å². The van der Waals surface area contributed by atoms with E-state index in [1.165, 1.54) is 0 Å². The van der Waals surface area contributed by atoms with E-state index in [9.17, 15) is 29.1 Å². The molecule has 1 unspecified atom stereocenters. The van der Waals surface area contributed by atoms with Crippen molar-refractivity contribution in [2.45, 2.75) is 102 Å². The van der Waals surface area contributed by atoms with Crippen molar-refractivity contribution < 1.29 is 33.5 Å². The summed E-state index contributed by atoms with van der Waals surface area (Å²) >= 11 is 0. The van der Waals surface area contributed by atoms with Gasteiger partial charge in [-0.2, -0.15) is 0 Å². The minimum absolute atomic E-state index is 0.00789. The zero-order valence-electron chi connectivity index (χ0n) is 26.1. The molecule has 1 aromatic carbocycles. The Balaban J connectivity index is 1.73. The number of hydrogen-bond donors (Lipinski definition) is 5. The molecule has 45 heavy (non-hydrogen) atoms. The standard InChI is InChI=1S/C31H43N7O7/c1-5-23-31-37-36-30(45-31)18(4)32-26(41)21(15-19-10-7-6-8-11-19)33-28(43)22(16-25(39)40)34-27(42)20(14-17(2)3)35-29(44)24-12-9-13-38(23)24/h6-8,10-11,17-18,20-24H,5,9,12-16H2,1-4H3,(H,32,41)(H,33,43)(H,34,42)(H,35,44)(H,39,40)/t18-,20-,21-,22-,23?,24-/m0/s1. The normalized spacial score (nSPS) is 27.0. The summed E-state index contributed by atoms with van der Waals surface area (Å²) in [6.07, 6.45) is 1.49. The fourth-order valence-corrected chi connectivity index (χ4v) is 5.88. The third kappa shape index (κ3) is 8.65. The fourth-order valence-electron chi connectivity index (χ4n) is 5.88. The zero-order chi connectivity index (χ0) is 32.7. The molecule has 2 aliphatic heterocycles. The highest BCUT2D eigenvalue weighted by atomic mass is 16.4. The van der Waals surface area contributed by atoms with Gasteiger partial charge in [-0.15, -0.1) is 10.2 Å². The SMILES string of the molecule is CCC1c2nnc(o2)[C@H](C)NC(=O)[C@H](Cc2ccccc2)NC(=O)[C@H](CC(=O)O)NC(=O)[C@H](CC(C)C)NC(=O)[C@@H]2CCCN12. The molecule has 244 valence electrons. The van der Waals surface area contributed by atoms with Crippen molar-refractivity contribution in [1.82, 2.24) is 36.4 Å². The van der Waals surface area contributed by atoms with Gasteiger partial charge in [0.15, 0.2) is 0 Å². The molecule has 0 radical (unpaired) electrons. The lowest BCUT2D eigenvalue weighted by molar-refractivity contribution is -0.141. The van der Waals surface area contributed by atoms with Crippen molar-refractivity contribution >= 4 is 29.6 Å². The lowest BCUT2D eigenvalue weighted by Crippen LogP contribution is -2.58. The molecule has 0 spiro atoms. The zero-order valence-corrected chi connectivity index (χ0v) is 26.1. The van der Waals surface area contributed by atoms with Crippen LogP contribution in [0.15, 0.2) is 34.7 Å². The van der Waals surface area contributed by atoms with Gasteiger partial charge >= 0.3 is 5.97 Å². The lowest BCUT2D eigenvalue weighted by Gasteiger charge is -2.31. The quantitative estimate of drug-likeness (QED) is 0.300. The van der Waals surface area contributed by atoms with Gasteiger partial charge in [0.25, 0.3) is 0 Å². The van der Waals surface area contributed by atoms with Gasteiger partial charge in [0.05, 0.1) is 18.5 Å². The van der Waals surface area contributed by atoms with E-state index in [0.717, 1.165) is 12.0 Å². The van der Waals surface area contributed by atoms with Crippen LogP contribution in [0, 0.1) is 5.92 Å². The van der Waals surface area contributed by atoms with E-state index in [1.54, 1.807) is 31.2 Å². The molecule has 2 bridgehead atoms. The summed E-state index contributed by atoms with van der Waals surface area (Å²) in [6.45, 7) is 8.01. The Bertz CT molecular complexity index is 1370. The summed E-state index contributed by atoms with van der Waals surface area (Å²) in [5, 5.41) is 28.9. The number of aliphatic carboxylic acids is 1. The number of carbonyl (C=O) groups is 5. The number of carboxylic acids is 1. The Labute approximate surface area is 262 Å². The Morgan fingerprint density at radius 1 is 0.933 bits per heavy atom. The first-order valence-corrected chi connectivity index (χ1v) is 15.5. The first kappa shape index (κ1) is 33.6. The van der Waals surface area contributed by atoms with Crippen molar-refractivity contribution in [3.05, 3.63) is 47.7 Å². The molecule has 3 heterocycles. The number of nitrogens with one attached hydrogen (secondary N) is 4. The van der Waals surface area contributed by atoms with Crippen LogP contribution in [0.1, 0.15) is 89.2 Å². The second-order valence-corrected chi connectivity index (χ2v) is 12.1. The minimum Gasteiger partial charge on any atom is -0.481 e. The van der Waals surface area contributed by atoms with Crippen LogP contribution in [-0.2, 0) is 30.4 Å². The maximum Gasteiger partial charge on any atom is 0.305 e. The number of benzene rings is 1. The van der Waals surface area contributed by atoms with E-state index in [1.807, 2.05) is 31.7 Å². The monoisotopic (exact) mass is 625 g/mol. The molecule has 4 amide bonds. The number of carboxylic acid groups (broad SMARTS) is 1.